The Balaban J connectivity index is 1.47. The largest absolute Gasteiger partial charge is 0.280 e. The first-order valence-corrected chi connectivity index (χ1v) is 14.6. The number of amides is 1. The van der Waals surface area contributed by atoms with E-state index >= 15 is 0 Å². The van der Waals surface area contributed by atoms with Crippen LogP contribution in [0.15, 0.2) is 76.7 Å². The predicted octanol–water partition coefficient (Wildman–Crippen LogP) is 5.85. The number of hydrogen-bond donors (Lipinski definition) is 0. The van der Waals surface area contributed by atoms with Gasteiger partial charge < -0.3 is 0 Å². The molecule has 1 unspecified atom stereocenters. The van der Waals surface area contributed by atoms with Crippen LogP contribution in [0.25, 0.3) is 10.2 Å². The highest BCUT2D eigenvalue weighted by molar-refractivity contribution is 7.89. The molecule has 0 aliphatic carbocycles. The quantitative estimate of drug-likeness (QED) is 0.223. The molecule has 10 heteroatoms. The van der Waals surface area contributed by atoms with Gasteiger partial charge in [-0.1, -0.05) is 36.5 Å². The number of anilines is 1. The summed E-state index contributed by atoms with van der Waals surface area (Å²) in [6.07, 6.45) is 3.31. The van der Waals surface area contributed by atoms with Crippen molar-refractivity contribution in [1.29, 1.82) is 0 Å². The molecule has 1 atom stereocenters. The zero-order valence-electron chi connectivity index (χ0n) is 21.0. The molecule has 38 heavy (non-hydrogen) atoms. The number of carbonyl (C=O) groups is 1. The number of aryl methyl sites for hydroxylation is 1. The first-order chi connectivity index (χ1) is 18.2. The van der Waals surface area contributed by atoms with E-state index < -0.39 is 15.9 Å². The monoisotopic (exact) mass is 550 g/mol. The standard InChI is InChI=1S/C28H27FN4O3S2/c1-19-5-14-25-26(16-19)37-28(31-25)33(30-17-21-6-10-23(29)11-7-21)27(34)22-8-12-24(13-9-22)38(35,36)32-15-3-4-20(2)18-32/h5-14,16-17,20H,3-4,15,18H2,1-2H3/b30-17+. The number of hydrogen-bond acceptors (Lipinski definition) is 6. The Morgan fingerprint density at radius 1 is 1.13 bits per heavy atom. The van der Waals surface area contributed by atoms with E-state index in [4.69, 9.17) is 0 Å². The topological polar surface area (TPSA) is 82.9 Å². The molecule has 7 nitrogen and oxygen atoms in total. The molecule has 5 rings (SSSR count). The molecule has 1 saturated heterocycles. The van der Waals surface area contributed by atoms with Crippen LogP contribution in [-0.4, -0.2) is 42.9 Å². The highest BCUT2D eigenvalue weighted by atomic mass is 32.2. The lowest BCUT2D eigenvalue weighted by atomic mass is 10.0. The Kier molecular flexibility index (Phi) is 7.38. The number of sulfonamides is 1. The average Bonchev–Trinajstić information content (AvgIpc) is 3.32. The van der Waals surface area contributed by atoms with Crippen LogP contribution >= 0.6 is 11.3 Å². The number of halogens is 1. The fourth-order valence-corrected chi connectivity index (χ4v) is 7.00. The van der Waals surface area contributed by atoms with E-state index in [0.29, 0.717) is 29.7 Å². The second-order valence-electron chi connectivity index (χ2n) is 9.52. The summed E-state index contributed by atoms with van der Waals surface area (Å²) < 4.78 is 42.1. The van der Waals surface area contributed by atoms with E-state index in [9.17, 15) is 17.6 Å². The molecule has 0 radical (unpaired) electrons. The van der Waals surface area contributed by atoms with Crippen LogP contribution < -0.4 is 5.01 Å². The van der Waals surface area contributed by atoms with Gasteiger partial charge in [-0.15, -0.1) is 0 Å². The summed E-state index contributed by atoms with van der Waals surface area (Å²) in [7, 11) is -3.64. The summed E-state index contributed by atoms with van der Waals surface area (Å²) in [6, 6.07) is 17.5. The second-order valence-corrected chi connectivity index (χ2v) is 12.5. The minimum Gasteiger partial charge on any atom is -0.267 e. The van der Waals surface area contributed by atoms with Gasteiger partial charge in [0.1, 0.15) is 5.82 Å². The molecule has 1 aliphatic rings. The van der Waals surface area contributed by atoms with Crippen molar-refractivity contribution < 1.29 is 17.6 Å². The molecule has 1 amide bonds. The normalized spacial score (nSPS) is 16.8. The van der Waals surface area contributed by atoms with Crippen LogP contribution in [0.5, 0.6) is 0 Å². The minimum atomic E-state index is -3.64. The summed E-state index contributed by atoms with van der Waals surface area (Å²) in [6.45, 7) is 5.02. The van der Waals surface area contributed by atoms with E-state index in [2.05, 4.69) is 10.1 Å². The van der Waals surface area contributed by atoms with Crippen LogP contribution in [0.1, 0.15) is 41.3 Å². The molecule has 1 fully saturated rings. The first-order valence-electron chi connectivity index (χ1n) is 12.3. The Morgan fingerprint density at radius 2 is 1.87 bits per heavy atom. The minimum absolute atomic E-state index is 0.153. The van der Waals surface area contributed by atoms with Crippen molar-refractivity contribution >= 4 is 48.8 Å². The Labute approximate surface area is 225 Å². The lowest BCUT2D eigenvalue weighted by Gasteiger charge is -2.30. The lowest BCUT2D eigenvalue weighted by molar-refractivity contribution is 0.0987. The third-order valence-corrected chi connectivity index (χ3v) is 9.33. The Bertz CT molecular complexity index is 1600. The number of benzene rings is 3. The number of thiazole rings is 1. The van der Waals surface area contributed by atoms with Gasteiger partial charge >= 0.3 is 0 Å². The van der Waals surface area contributed by atoms with E-state index in [1.165, 1.54) is 63.3 Å². The maximum absolute atomic E-state index is 13.6. The molecule has 4 aromatic rings. The number of nitrogens with zero attached hydrogens (tertiary/aromatic N) is 4. The maximum atomic E-state index is 13.6. The molecule has 1 aliphatic heterocycles. The van der Waals surface area contributed by atoms with Gasteiger partial charge in [0.05, 0.1) is 21.3 Å². The van der Waals surface area contributed by atoms with Crippen LogP contribution in [0.2, 0.25) is 0 Å². The fraction of sp³-hybridized carbons (Fsp3) is 0.250. The third kappa shape index (κ3) is 5.52. The van der Waals surface area contributed by atoms with Gasteiger partial charge in [0.15, 0.2) is 0 Å². The van der Waals surface area contributed by atoms with Crippen LogP contribution in [0.3, 0.4) is 0 Å². The van der Waals surface area contributed by atoms with Gasteiger partial charge in [0.2, 0.25) is 15.2 Å². The number of hydrazone groups is 1. The van der Waals surface area contributed by atoms with Crippen LogP contribution in [-0.2, 0) is 10.0 Å². The van der Waals surface area contributed by atoms with Crippen molar-refractivity contribution in [1.82, 2.24) is 9.29 Å². The highest BCUT2D eigenvalue weighted by Gasteiger charge is 2.29. The number of fused-ring (bicyclic) bond motifs is 1. The number of piperidine rings is 1. The van der Waals surface area contributed by atoms with Gasteiger partial charge in [-0.05, 0) is 85.3 Å². The van der Waals surface area contributed by atoms with Crippen molar-refractivity contribution in [3.8, 4) is 0 Å². The zero-order chi connectivity index (χ0) is 26.9. The summed E-state index contributed by atoms with van der Waals surface area (Å²) >= 11 is 1.32. The summed E-state index contributed by atoms with van der Waals surface area (Å²) in [5.74, 6) is -0.523. The van der Waals surface area contributed by atoms with Crippen LogP contribution in [0, 0.1) is 18.7 Å². The van der Waals surface area contributed by atoms with Crippen molar-refractivity contribution in [2.24, 2.45) is 11.0 Å². The van der Waals surface area contributed by atoms with Crippen molar-refractivity contribution in [2.45, 2.75) is 31.6 Å². The maximum Gasteiger partial charge on any atom is 0.280 e. The number of carbonyl (C=O) groups excluding carboxylic acids is 1. The molecular formula is C28H27FN4O3S2. The molecule has 0 N–H and O–H groups in total. The smallest absolute Gasteiger partial charge is 0.267 e. The molecule has 196 valence electrons. The second kappa shape index (κ2) is 10.7. The van der Waals surface area contributed by atoms with Gasteiger partial charge in [-0.2, -0.15) is 14.4 Å². The molecule has 0 saturated carbocycles. The SMILES string of the molecule is Cc1ccc2nc(N(/N=C/c3ccc(F)cc3)C(=O)c3ccc(S(=O)(=O)N4CCCC(C)C4)cc3)sc2c1. The molecule has 3 aromatic carbocycles. The predicted molar refractivity (Wildman–Crippen MR) is 149 cm³/mol. The summed E-state index contributed by atoms with van der Waals surface area (Å²) in [5, 5.41) is 5.96. The first kappa shape index (κ1) is 26.1. The van der Waals surface area contributed by atoms with E-state index in [1.54, 1.807) is 12.1 Å². The van der Waals surface area contributed by atoms with E-state index in [1.807, 2.05) is 32.0 Å². The molecule has 0 bridgehead atoms. The fourth-order valence-electron chi connectivity index (χ4n) is 4.38. The lowest BCUT2D eigenvalue weighted by Crippen LogP contribution is -2.39. The van der Waals surface area contributed by atoms with Gasteiger partial charge in [0.25, 0.3) is 5.91 Å². The number of rotatable bonds is 6. The van der Waals surface area contributed by atoms with E-state index in [-0.39, 0.29) is 16.3 Å². The van der Waals surface area contributed by atoms with Gasteiger partial charge in [-0.25, -0.2) is 17.8 Å². The Morgan fingerprint density at radius 3 is 2.58 bits per heavy atom. The number of aromatic nitrogens is 1. The third-order valence-electron chi connectivity index (χ3n) is 6.46. The molecule has 0 spiro atoms. The summed E-state index contributed by atoms with van der Waals surface area (Å²) in [5.41, 5.74) is 2.68. The molecule has 1 aromatic heterocycles. The molecular weight excluding hydrogens is 523 g/mol. The van der Waals surface area contributed by atoms with Crippen LogP contribution in [0.4, 0.5) is 9.52 Å². The van der Waals surface area contributed by atoms with Gasteiger partial charge in [-0.3, -0.25) is 4.79 Å². The van der Waals surface area contributed by atoms with E-state index in [0.717, 1.165) is 28.6 Å². The summed E-state index contributed by atoms with van der Waals surface area (Å²) in [4.78, 5) is 18.4. The van der Waals surface area contributed by atoms with Crippen molar-refractivity contribution in [2.75, 3.05) is 18.1 Å². The van der Waals surface area contributed by atoms with Crippen molar-refractivity contribution in [3.63, 3.8) is 0 Å². The molecule has 2 heterocycles. The Hall–Kier alpha value is -3.47. The van der Waals surface area contributed by atoms with Gasteiger partial charge in [0, 0.05) is 18.7 Å². The average molecular weight is 551 g/mol. The van der Waals surface area contributed by atoms with Crippen molar-refractivity contribution in [3.05, 3.63) is 89.2 Å². The highest BCUT2D eigenvalue weighted by Crippen LogP contribution is 2.31. The zero-order valence-corrected chi connectivity index (χ0v) is 22.7.